The largest absolute Gasteiger partial charge is 0.439 e. The van der Waals surface area contributed by atoms with Crippen LogP contribution < -0.4 is 10.5 Å². The number of ether oxygens (including phenoxy) is 2. The van der Waals surface area contributed by atoms with Crippen LogP contribution in [0.5, 0.6) is 5.75 Å². The Labute approximate surface area is 240 Å². The molecule has 12 heteroatoms. The Morgan fingerprint density at radius 2 is 1.98 bits per heavy atom. The number of aryl methyl sites for hydroxylation is 1. The molecule has 212 valence electrons. The number of piperidine rings is 1. The predicted molar refractivity (Wildman–Crippen MR) is 155 cm³/mol. The number of halogens is 2. The van der Waals surface area contributed by atoms with Gasteiger partial charge in [0.25, 0.3) is 0 Å². The fourth-order valence-corrected chi connectivity index (χ4v) is 5.72. The van der Waals surface area contributed by atoms with Gasteiger partial charge >= 0.3 is 6.03 Å². The Hall–Kier alpha value is -4.22. The molecule has 0 saturated carbocycles. The van der Waals surface area contributed by atoms with Crippen molar-refractivity contribution in [3.05, 3.63) is 65.2 Å². The van der Waals surface area contributed by atoms with Crippen LogP contribution in [0.1, 0.15) is 24.7 Å². The van der Waals surface area contributed by atoms with Crippen LogP contribution in [-0.4, -0.2) is 70.2 Å². The van der Waals surface area contributed by atoms with Crippen LogP contribution in [0.15, 0.2) is 53.5 Å². The van der Waals surface area contributed by atoms with Gasteiger partial charge in [0.2, 0.25) is 5.88 Å². The molecule has 2 aromatic heterocycles. The number of aliphatic imine (C=N–C) groups is 1. The number of likely N-dealkylation sites (tertiary alicyclic amines) is 1. The van der Waals surface area contributed by atoms with Crippen molar-refractivity contribution in [2.24, 2.45) is 10.7 Å². The molecule has 0 atom stereocenters. The molecule has 0 spiro atoms. The second kappa shape index (κ2) is 11.0. The minimum Gasteiger partial charge on any atom is -0.439 e. The first-order chi connectivity index (χ1) is 19.8. The Bertz CT molecular complexity index is 1710. The average Bonchev–Trinajstić information content (AvgIpc) is 3.28. The Kier molecular flexibility index (Phi) is 7.22. The maximum Gasteiger partial charge on any atom is 0.314 e. The van der Waals surface area contributed by atoms with E-state index in [4.69, 9.17) is 31.8 Å². The molecule has 41 heavy (non-hydrogen) atoms. The van der Waals surface area contributed by atoms with Gasteiger partial charge in [-0.2, -0.15) is 0 Å². The molecule has 2 N–H and O–H groups in total. The number of nitrogens with zero attached hydrogens (tertiary/aromatic N) is 6. The zero-order valence-corrected chi connectivity index (χ0v) is 23.4. The summed E-state index contributed by atoms with van der Waals surface area (Å²) in [7, 11) is 1.85. The summed E-state index contributed by atoms with van der Waals surface area (Å²) in [4.78, 5) is 28.6. The SMILES string of the molecule is Cc1nc2cnc3cc(F)c(-c4ccc(OC5=CCOCN(C)C=N5)cc4Cl)cc3c2n1C1CCN(C(N)=O)CC1. The number of hydrogen-bond acceptors (Lipinski definition) is 7. The Morgan fingerprint density at radius 3 is 2.73 bits per heavy atom. The summed E-state index contributed by atoms with van der Waals surface area (Å²) in [5.41, 5.74) is 8.47. The van der Waals surface area contributed by atoms with Gasteiger partial charge in [0.15, 0.2) is 0 Å². The summed E-state index contributed by atoms with van der Waals surface area (Å²) in [6.07, 6.45) is 6.50. The fourth-order valence-electron chi connectivity index (χ4n) is 5.45. The predicted octanol–water partition coefficient (Wildman–Crippen LogP) is 5.24. The highest BCUT2D eigenvalue weighted by atomic mass is 35.5. The molecule has 2 aromatic carbocycles. The molecule has 2 amide bonds. The molecule has 6 rings (SSSR count). The average molecular weight is 578 g/mol. The van der Waals surface area contributed by atoms with E-state index in [2.05, 4.69) is 14.5 Å². The molecular formula is C29H29ClFN7O3. The summed E-state index contributed by atoms with van der Waals surface area (Å²) < 4.78 is 29.1. The number of rotatable bonds is 4. The number of amides is 2. The van der Waals surface area contributed by atoms with Crippen LogP contribution >= 0.6 is 11.6 Å². The van der Waals surface area contributed by atoms with Gasteiger partial charge in [0, 0.05) is 60.9 Å². The monoisotopic (exact) mass is 577 g/mol. The van der Waals surface area contributed by atoms with E-state index in [9.17, 15) is 4.79 Å². The number of imidazole rings is 1. The van der Waals surface area contributed by atoms with Gasteiger partial charge in [-0.05, 0) is 38.0 Å². The van der Waals surface area contributed by atoms with E-state index in [0.29, 0.717) is 59.7 Å². The van der Waals surface area contributed by atoms with Crippen molar-refractivity contribution >= 4 is 45.9 Å². The maximum atomic E-state index is 15.5. The highest BCUT2D eigenvalue weighted by Crippen LogP contribution is 2.38. The molecule has 0 radical (unpaired) electrons. The molecule has 2 aliphatic heterocycles. The zero-order chi connectivity index (χ0) is 28.7. The number of aromatic nitrogens is 3. The van der Waals surface area contributed by atoms with Crippen LogP contribution in [0.3, 0.4) is 0 Å². The van der Waals surface area contributed by atoms with Crippen LogP contribution in [0.4, 0.5) is 9.18 Å². The molecule has 0 aliphatic carbocycles. The normalized spacial score (nSPS) is 16.6. The number of carbonyl (C=O) groups excluding carboxylic acids is 1. The highest BCUT2D eigenvalue weighted by molar-refractivity contribution is 6.33. The van der Waals surface area contributed by atoms with Crippen LogP contribution in [0.25, 0.3) is 33.1 Å². The van der Waals surface area contributed by atoms with Gasteiger partial charge in [0.05, 0.1) is 35.2 Å². The number of primary amides is 1. The van der Waals surface area contributed by atoms with Crippen molar-refractivity contribution < 1.29 is 18.7 Å². The van der Waals surface area contributed by atoms with Gasteiger partial charge in [-0.15, -0.1) is 0 Å². The summed E-state index contributed by atoms with van der Waals surface area (Å²) in [5, 5.41) is 1.10. The highest BCUT2D eigenvalue weighted by Gasteiger charge is 2.26. The molecule has 4 heterocycles. The maximum absolute atomic E-state index is 15.5. The van der Waals surface area contributed by atoms with Crippen molar-refractivity contribution in [1.29, 1.82) is 0 Å². The molecule has 0 unspecified atom stereocenters. The van der Waals surface area contributed by atoms with E-state index >= 15 is 4.39 Å². The Morgan fingerprint density at radius 1 is 1.17 bits per heavy atom. The lowest BCUT2D eigenvalue weighted by molar-refractivity contribution is 0.0958. The quantitative estimate of drug-likeness (QED) is 0.355. The van der Waals surface area contributed by atoms with Crippen molar-refractivity contribution in [3.8, 4) is 16.9 Å². The zero-order valence-electron chi connectivity index (χ0n) is 22.7. The van der Waals surface area contributed by atoms with E-state index in [1.54, 1.807) is 52.7 Å². The van der Waals surface area contributed by atoms with E-state index < -0.39 is 11.8 Å². The lowest BCUT2D eigenvalue weighted by Gasteiger charge is -2.32. The van der Waals surface area contributed by atoms with E-state index in [1.165, 1.54) is 6.07 Å². The molecule has 1 fully saturated rings. The van der Waals surface area contributed by atoms with Gasteiger partial charge < -0.3 is 29.6 Å². The fraction of sp³-hybridized carbons (Fsp3) is 0.310. The molecule has 10 nitrogen and oxygen atoms in total. The lowest BCUT2D eigenvalue weighted by Crippen LogP contribution is -2.42. The third-order valence-electron chi connectivity index (χ3n) is 7.43. The van der Waals surface area contributed by atoms with Gasteiger partial charge in [-0.25, -0.2) is 19.2 Å². The van der Waals surface area contributed by atoms with Crippen molar-refractivity contribution in [2.45, 2.75) is 25.8 Å². The minimum atomic E-state index is -0.440. The number of benzene rings is 2. The standard InChI is InChI=1S/C29H29ClFN7O3/c1-17-35-26-14-33-25-13-24(31)21(12-22(25)28(26)38(17)18-5-8-37(9-6-18)29(32)39)20-4-3-19(11-23(20)30)41-27-7-10-40-16-36(2)15-34-27/h3-4,7,11-15,18H,5-6,8-10,16H2,1-2H3,(H2,32,39). The first-order valence-electron chi connectivity index (χ1n) is 13.3. The van der Waals surface area contributed by atoms with E-state index in [-0.39, 0.29) is 6.04 Å². The third kappa shape index (κ3) is 5.30. The number of nitrogens with two attached hydrogens (primary N) is 1. The molecule has 0 bridgehead atoms. The first kappa shape index (κ1) is 27.0. The number of urea groups is 1. The van der Waals surface area contributed by atoms with E-state index in [0.717, 1.165) is 35.1 Å². The minimum absolute atomic E-state index is 0.116. The summed E-state index contributed by atoms with van der Waals surface area (Å²) in [6.45, 7) is 3.87. The molecule has 2 aliphatic rings. The van der Waals surface area contributed by atoms with Gasteiger partial charge in [0.1, 0.15) is 29.6 Å². The number of fused-ring (bicyclic) bond motifs is 3. The number of pyridine rings is 1. The topological polar surface area (TPSA) is 111 Å². The number of carbonyl (C=O) groups is 1. The van der Waals surface area contributed by atoms with Crippen LogP contribution in [0, 0.1) is 12.7 Å². The summed E-state index contributed by atoms with van der Waals surface area (Å²) in [6, 6.07) is 8.02. The lowest BCUT2D eigenvalue weighted by atomic mass is 10.0. The third-order valence-corrected chi connectivity index (χ3v) is 7.74. The summed E-state index contributed by atoms with van der Waals surface area (Å²) in [5.74, 6) is 1.23. The van der Waals surface area contributed by atoms with Crippen LogP contribution in [-0.2, 0) is 4.74 Å². The second-order valence-corrected chi connectivity index (χ2v) is 10.6. The van der Waals surface area contributed by atoms with Crippen molar-refractivity contribution in [1.82, 2.24) is 24.3 Å². The molecule has 4 aromatic rings. The molecule has 1 saturated heterocycles. The van der Waals surface area contributed by atoms with Crippen LogP contribution in [0.2, 0.25) is 5.02 Å². The van der Waals surface area contributed by atoms with Gasteiger partial charge in [-0.1, -0.05) is 11.6 Å². The molecular weight excluding hydrogens is 549 g/mol. The summed E-state index contributed by atoms with van der Waals surface area (Å²) >= 11 is 6.69. The van der Waals surface area contributed by atoms with Crippen molar-refractivity contribution in [3.63, 3.8) is 0 Å². The van der Waals surface area contributed by atoms with Crippen molar-refractivity contribution in [2.75, 3.05) is 33.5 Å². The van der Waals surface area contributed by atoms with Gasteiger partial charge in [-0.3, -0.25) is 4.98 Å². The number of hydrogen-bond donors (Lipinski definition) is 1. The Balaban J connectivity index is 1.37. The van der Waals surface area contributed by atoms with E-state index in [1.807, 2.05) is 14.0 Å². The second-order valence-electron chi connectivity index (χ2n) is 10.2. The first-order valence-corrected chi connectivity index (χ1v) is 13.7. The smallest absolute Gasteiger partial charge is 0.314 e.